The van der Waals surface area contributed by atoms with Gasteiger partial charge in [-0.2, -0.15) is 0 Å². The first-order chi connectivity index (χ1) is 7.69. The van der Waals surface area contributed by atoms with Crippen LogP contribution in [0.4, 0.5) is 4.79 Å². The van der Waals surface area contributed by atoms with Crippen molar-refractivity contribution in [3.63, 3.8) is 0 Å². The molecule has 6 nitrogen and oxygen atoms in total. The summed E-state index contributed by atoms with van der Waals surface area (Å²) in [5, 5.41) is 17.7. The number of carboxylic acids is 1. The number of carbonyl (C=O) groups excluding carboxylic acids is 1. The fourth-order valence-electron chi connectivity index (χ4n) is 1.23. The van der Waals surface area contributed by atoms with Crippen molar-refractivity contribution >= 4 is 12.1 Å². The molecule has 0 aliphatic carbocycles. The molecular weight excluding hydrogens is 226 g/mol. The lowest BCUT2D eigenvalue weighted by atomic mass is 10.1. The Labute approximate surface area is 101 Å². The number of rotatable bonds is 5. The zero-order valence-corrected chi connectivity index (χ0v) is 10.8. The van der Waals surface area contributed by atoms with Crippen molar-refractivity contribution in [3.8, 4) is 0 Å². The molecule has 0 aliphatic rings. The number of amides is 1. The lowest BCUT2D eigenvalue weighted by Crippen LogP contribution is -2.44. The second-order valence-electron chi connectivity index (χ2n) is 4.81. The maximum Gasteiger partial charge on any atom is 0.410 e. The average Bonchev–Trinajstić information content (AvgIpc) is 2.14. The van der Waals surface area contributed by atoms with Crippen LogP contribution < -0.4 is 0 Å². The van der Waals surface area contributed by atoms with E-state index in [9.17, 15) is 9.59 Å². The predicted octanol–water partition coefficient (Wildman–Crippen LogP) is 1.08. The molecule has 0 aromatic carbocycles. The van der Waals surface area contributed by atoms with Gasteiger partial charge in [-0.3, -0.25) is 4.90 Å². The first-order valence-electron chi connectivity index (χ1n) is 5.48. The standard InChI is InChI=1S/C11H21NO5/c1-11(2,3)17-10(16)12(4)8(9(14)15)6-5-7-13/h8,13H,5-7H2,1-4H3,(H,14,15)/t8-/m0/s1. The van der Waals surface area contributed by atoms with E-state index in [1.165, 1.54) is 7.05 Å². The van der Waals surface area contributed by atoms with Crippen molar-refractivity contribution in [1.29, 1.82) is 0 Å². The number of hydrogen-bond acceptors (Lipinski definition) is 4. The largest absolute Gasteiger partial charge is 0.480 e. The first kappa shape index (κ1) is 15.7. The Hall–Kier alpha value is -1.30. The molecule has 0 aromatic rings. The third-order valence-electron chi connectivity index (χ3n) is 2.07. The van der Waals surface area contributed by atoms with Gasteiger partial charge in [0, 0.05) is 13.7 Å². The summed E-state index contributed by atoms with van der Waals surface area (Å²) in [5.41, 5.74) is -0.661. The van der Waals surface area contributed by atoms with Crippen LogP contribution in [0.3, 0.4) is 0 Å². The Kier molecular flexibility index (Phi) is 5.95. The summed E-state index contributed by atoms with van der Waals surface area (Å²) in [4.78, 5) is 23.7. The third-order valence-corrected chi connectivity index (χ3v) is 2.07. The number of aliphatic carboxylic acids is 1. The van der Waals surface area contributed by atoms with E-state index in [1.807, 2.05) is 0 Å². The van der Waals surface area contributed by atoms with Gasteiger partial charge < -0.3 is 14.9 Å². The SMILES string of the molecule is CN(C(=O)OC(C)(C)C)[C@@H](CCCO)C(=O)O. The molecule has 0 bridgehead atoms. The lowest BCUT2D eigenvalue weighted by molar-refractivity contribution is -0.143. The van der Waals surface area contributed by atoms with Gasteiger partial charge in [0.05, 0.1) is 0 Å². The molecule has 6 heteroatoms. The van der Waals surface area contributed by atoms with Gasteiger partial charge in [0.2, 0.25) is 0 Å². The van der Waals surface area contributed by atoms with Crippen LogP contribution in [0.1, 0.15) is 33.6 Å². The van der Waals surface area contributed by atoms with E-state index in [1.54, 1.807) is 20.8 Å². The summed E-state index contributed by atoms with van der Waals surface area (Å²) >= 11 is 0. The van der Waals surface area contributed by atoms with E-state index < -0.39 is 23.7 Å². The van der Waals surface area contributed by atoms with Gasteiger partial charge in [0.1, 0.15) is 11.6 Å². The first-order valence-corrected chi connectivity index (χ1v) is 5.48. The van der Waals surface area contributed by atoms with Crippen LogP contribution in [0.2, 0.25) is 0 Å². The van der Waals surface area contributed by atoms with E-state index in [-0.39, 0.29) is 13.0 Å². The number of aliphatic hydroxyl groups excluding tert-OH is 1. The van der Waals surface area contributed by atoms with Gasteiger partial charge in [0.15, 0.2) is 0 Å². The Bertz CT molecular complexity index is 272. The summed E-state index contributed by atoms with van der Waals surface area (Å²) in [6.45, 7) is 5.03. The molecule has 17 heavy (non-hydrogen) atoms. The van der Waals surface area contributed by atoms with Gasteiger partial charge in [-0.05, 0) is 33.6 Å². The molecule has 0 fully saturated rings. The molecule has 0 radical (unpaired) electrons. The highest BCUT2D eigenvalue weighted by Crippen LogP contribution is 2.13. The molecule has 0 aromatic heterocycles. The molecule has 0 saturated heterocycles. The number of carboxylic acid groups (broad SMARTS) is 1. The van der Waals surface area contributed by atoms with Crippen LogP contribution in [0.15, 0.2) is 0 Å². The Balaban J connectivity index is 4.55. The topological polar surface area (TPSA) is 87.1 Å². The maximum absolute atomic E-state index is 11.6. The molecule has 1 atom stereocenters. The highest BCUT2D eigenvalue weighted by Gasteiger charge is 2.29. The average molecular weight is 247 g/mol. The van der Waals surface area contributed by atoms with E-state index in [2.05, 4.69) is 0 Å². The number of carbonyl (C=O) groups is 2. The maximum atomic E-state index is 11.6. The lowest BCUT2D eigenvalue weighted by Gasteiger charge is -2.28. The molecule has 0 spiro atoms. The summed E-state index contributed by atoms with van der Waals surface area (Å²) in [6, 6.07) is -0.975. The summed E-state index contributed by atoms with van der Waals surface area (Å²) in [6.07, 6.45) is -0.158. The Morgan fingerprint density at radius 1 is 1.35 bits per heavy atom. The third kappa shape index (κ3) is 6.11. The number of likely N-dealkylation sites (N-methyl/N-ethyl adjacent to an activating group) is 1. The van der Waals surface area contributed by atoms with E-state index in [0.717, 1.165) is 4.90 Å². The second-order valence-corrected chi connectivity index (χ2v) is 4.81. The van der Waals surface area contributed by atoms with Crippen molar-refractivity contribution in [2.24, 2.45) is 0 Å². The van der Waals surface area contributed by atoms with Crippen molar-refractivity contribution < 1.29 is 24.5 Å². The van der Waals surface area contributed by atoms with Crippen LogP contribution in [0.5, 0.6) is 0 Å². The molecule has 1 amide bonds. The van der Waals surface area contributed by atoms with Gasteiger partial charge in [-0.15, -0.1) is 0 Å². The molecule has 2 N–H and O–H groups in total. The highest BCUT2D eigenvalue weighted by atomic mass is 16.6. The number of hydrogen-bond donors (Lipinski definition) is 2. The molecule has 0 rings (SSSR count). The molecule has 0 saturated carbocycles. The molecule has 100 valence electrons. The predicted molar refractivity (Wildman–Crippen MR) is 61.7 cm³/mol. The van der Waals surface area contributed by atoms with Crippen LogP contribution in [0.25, 0.3) is 0 Å². The van der Waals surface area contributed by atoms with E-state index in [0.29, 0.717) is 6.42 Å². The summed E-state index contributed by atoms with van der Waals surface area (Å²) < 4.78 is 5.07. The van der Waals surface area contributed by atoms with Crippen molar-refractivity contribution in [2.75, 3.05) is 13.7 Å². The normalized spacial score (nSPS) is 13.0. The monoisotopic (exact) mass is 247 g/mol. The van der Waals surface area contributed by atoms with Gasteiger partial charge in [0.25, 0.3) is 0 Å². The molecule has 0 heterocycles. The second kappa shape index (κ2) is 6.44. The Morgan fingerprint density at radius 2 is 1.88 bits per heavy atom. The molecule has 0 unspecified atom stereocenters. The fourth-order valence-corrected chi connectivity index (χ4v) is 1.23. The number of aliphatic hydroxyl groups is 1. The zero-order valence-electron chi connectivity index (χ0n) is 10.8. The minimum absolute atomic E-state index is 0.105. The molecular formula is C11H21NO5. The van der Waals surface area contributed by atoms with Crippen molar-refractivity contribution in [3.05, 3.63) is 0 Å². The Morgan fingerprint density at radius 3 is 2.24 bits per heavy atom. The highest BCUT2D eigenvalue weighted by molar-refractivity contribution is 5.79. The van der Waals surface area contributed by atoms with E-state index >= 15 is 0 Å². The minimum Gasteiger partial charge on any atom is -0.480 e. The van der Waals surface area contributed by atoms with Crippen LogP contribution >= 0.6 is 0 Å². The zero-order chi connectivity index (χ0) is 13.6. The summed E-state index contributed by atoms with van der Waals surface area (Å²) in [5.74, 6) is -1.10. The van der Waals surface area contributed by atoms with Crippen molar-refractivity contribution in [1.82, 2.24) is 4.90 Å². The van der Waals surface area contributed by atoms with Gasteiger partial charge >= 0.3 is 12.1 Å². The van der Waals surface area contributed by atoms with Crippen LogP contribution in [-0.4, -0.2) is 52.5 Å². The smallest absolute Gasteiger partial charge is 0.410 e. The van der Waals surface area contributed by atoms with E-state index in [4.69, 9.17) is 14.9 Å². The quantitative estimate of drug-likeness (QED) is 0.759. The number of ether oxygens (including phenoxy) is 1. The van der Waals surface area contributed by atoms with Gasteiger partial charge in [-0.1, -0.05) is 0 Å². The number of nitrogens with zero attached hydrogens (tertiary/aromatic N) is 1. The fraction of sp³-hybridized carbons (Fsp3) is 0.818. The minimum atomic E-state index is -1.10. The molecule has 0 aliphatic heterocycles. The van der Waals surface area contributed by atoms with Crippen molar-refractivity contribution in [2.45, 2.75) is 45.3 Å². The van der Waals surface area contributed by atoms with Crippen LogP contribution in [-0.2, 0) is 9.53 Å². The van der Waals surface area contributed by atoms with Crippen LogP contribution in [0, 0.1) is 0 Å². The van der Waals surface area contributed by atoms with Gasteiger partial charge in [-0.25, -0.2) is 9.59 Å². The summed E-state index contributed by atoms with van der Waals surface area (Å²) in [7, 11) is 1.38.